The van der Waals surface area contributed by atoms with Crippen molar-refractivity contribution >= 4 is 32.6 Å². The first-order valence-electron chi connectivity index (χ1n) is 6.98. The number of benzene rings is 2. The molecule has 0 bridgehead atoms. The summed E-state index contributed by atoms with van der Waals surface area (Å²) in [4.78, 5) is 16.6. The van der Waals surface area contributed by atoms with E-state index in [0.29, 0.717) is 11.6 Å². The number of fused-ring (bicyclic) bond motifs is 1. The number of aryl methyl sites for hydroxylation is 1. The minimum absolute atomic E-state index is 0.0293. The molecule has 1 N–H and O–H groups in total. The minimum atomic E-state index is -0.0293. The molecule has 0 saturated heterocycles. The van der Waals surface area contributed by atoms with Crippen molar-refractivity contribution in [1.29, 1.82) is 0 Å². The van der Waals surface area contributed by atoms with Crippen LogP contribution in [-0.4, -0.2) is 10.9 Å². The molecule has 1 aromatic heterocycles. The molecule has 3 nitrogen and oxygen atoms in total. The number of hydrogen-bond acceptors (Lipinski definition) is 3. The second kappa shape index (κ2) is 6.06. The van der Waals surface area contributed by atoms with E-state index in [1.54, 1.807) is 0 Å². The van der Waals surface area contributed by atoms with Gasteiger partial charge in [-0.25, -0.2) is 4.98 Å². The zero-order valence-electron chi connectivity index (χ0n) is 11.8. The molecule has 1 amide bonds. The molecule has 0 radical (unpaired) electrons. The molecule has 0 atom stereocenters. The summed E-state index contributed by atoms with van der Waals surface area (Å²) in [5.74, 6) is -0.0293. The molecule has 0 fully saturated rings. The number of carbonyl (C=O) groups excluding carboxylic acids is 1. The number of thiazole rings is 1. The highest BCUT2D eigenvalue weighted by atomic mass is 32.1. The van der Waals surface area contributed by atoms with Crippen LogP contribution in [-0.2, 0) is 17.6 Å². The summed E-state index contributed by atoms with van der Waals surface area (Å²) < 4.78 is 1.12. The van der Waals surface area contributed by atoms with Gasteiger partial charge in [-0.2, -0.15) is 0 Å². The molecule has 0 saturated carbocycles. The molecule has 0 aliphatic carbocycles. The van der Waals surface area contributed by atoms with E-state index in [0.717, 1.165) is 22.2 Å². The number of hydrogen-bond donors (Lipinski definition) is 1. The molecule has 0 spiro atoms. The standard InChI is InChI=1S/C17H16N2OS/c1-2-13-9-6-10-14-16(13)19-17(21-14)18-15(20)11-12-7-4-3-5-8-12/h3-10H,2,11H2,1H3,(H,18,19,20). The number of amides is 1. The van der Waals surface area contributed by atoms with E-state index in [9.17, 15) is 4.79 Å². The maximum absolute atomic E-state index is 12.1. The largest absolute Gasteiger partial charge is 0.302 e. The Morgan fingerprint density at radius 1 is 1.14 bits per heavy atom. The highest BCUT2D eigenvalue weighted by Gasteiger charge is 2.10. The van der Waals surface area contributed by atoms with E-state index in [4.69, 9.17) is 0 Å². The lowest BCUT2D eigenvalue weighted by atomic mass is 10.1. The third-order valence-electron chi connectivity index (χ3n) is 3.34. The summed E-state index contributed by atoms with van der Waals surface area (Å²) in [6, 6.07) is 15.9. The van der Waals surface area contributed by atoms with Crippen LogP contribution in [0.2, 0.25) is 0 Å². The molecule has 21 heavy (non-hydrogen) atoms. The number of rotatable bonds is 4. The Kier molecular flexibility index (Phi) is 3.97. The molecule has 2 aromatic carbocycles. The molecule has 3 aromatic rings. The Bertz CT molecular complexity index is 765. The predicted octanol–water partition coefficient (Wildman–Crippen LogP) is 4.04. The number of aromatic nitrogens is 1. The monoisotopic (exact) mass is 296 g/mol. The summed E-state index contributed by atoms with van der Waals surface area (Å²) in [5, 5.41) is 3.57. The Balaban J connectivity index is 1.77. The molecule has 0 unspecified atom stereocenters. The fourth-order valence-electron chi connectivity index (χ4n) is 2.29. The van der Waals surface area contributed by atoms with Crippen molar-refractivity contribution in [1.82, 2.24) is 4.98 Å². The maximum Gasteiger partial charge on any atom is 0.230 e. The first kappa shape index (κ1) is 13.8. The lowest BCUT2D eigenvalue weighted by molar-refractivity contribution is -0.115. The summed E-state index contributed by atoms with van der Waals surface area (Å²) in [7, 11) is 0. The van der Waals surface area contributed by atoms with E-state index in [1.165, 1.54) is 16.9 Å². The highest BCUT2D eigenvalue weighted by Crippen LogP contribution is 2.28. The van der Waals surface area contributed by atoms with Crippen molar-refractivity contribution < 1.29 is 4.79 Å². The molecule has 4 heteroatoms. The van der Waals surface area contributed by atoms with Gasteiger partial charge in [0.15, 0.2) is 5.13 Å². The third-order valence-corrected chi connectivity index (χ3v) is 4.27. The fourth-order valence-corrected chi connectivity index (χ4v) is 3.22. The van der Waals surface area contributed by atoms with Crippen LogP contribution in [0.4, 0.5) is 5.13 Å². The fraction of sp³-hybridized carbons (Fsp3) is 0.176. The van der Waals surface area contributed by atoms with Crippen molar-refractivity contribution in [2.24, 2.45) is 0 Å². The molecular weight excluding hydrogens is 280 g/mol. The van der Waals surface area contributed by atoms with E-state index >= 15 is 0 Å². The molecule has 0 aliphatic rings. The van der Waals surface area contributed by atoms with Crippen LogP contribution in [0.5, 0.6) is 0 Å². The zero-order chi connectivity index (χ0) is 14.7. The van der Waals surface area contributed by atoms with Crippen LogP contribution < -0.4 is 5.32 Å². The Labute approximate surface area is 127 Å². The van der Waals surface area contributed by atoms with Crippen molar-refractivity contribution in [3.8, 4) is 0 Å². The average Bonchev–Trinajstić information content (AvgIpc) is 2.90. The third kappa shape index (κ3) is 3.11. The zero-order valence-corrected chi connectivity index (χ0v) is 12.6. The number of nitrogens with one attached hydrogen (secondary N) is 1. The SMILES string of the molecule is CCc1cccc2sc(NC(=O)Cc3ccccc3)nc12. The highest BCUT2D eigenvalue weighted by molar-refractivity contribution is 7.22. The smallest absolute Gasteiger partial charge is 0.230 e. The summed E-state index contributed by atoms with van der Waals surface area (Å²) in [6.07, 6.45) is 1.32. The van der Waals surface area contributed by atoms with E-state index in [-0.39, 0.29) is 5.91 Å². The van der Waals surface area contributed by atoms with E-state index in [1.807, 2.05) is 42.5 Å². The van der Waals surface area contributed by atoms with Gasteiger partial charge in [0.2, 0.25) is 5.91 Å². The van der Waals surface area contributed by atoms with Gasteiger partial charge in [0.05, 0.1) is 16.6 Å². The summed E-state index contributed by atoms with van der Waals surface area (Å²) in [6.45, 7) is 2.11. The summed E-state index contributed by atoms with van der Waals surface area (Å²) in [5.41, 5.74) is 3.22. The van der Waals surface area contributed by atoms with Gasteiger partial charge in [-0.3, -0.25) is 4.79 Å². The van der Waals surface area contributed by atoms with Gasteiger partial charge < -0.3 is 5.32 Å². The van der Waals surface area contributed by atoms with Crippen LogP contribution in [0, 0.1) is 0 Å². The van der Waals surface area contributed by atoms with Gasteiger partial charge in [-0.05, 0) is 23.6 Å². The van der Waals surface area contributed by atoms with E-state index in [2.05, 4.69) is 23.3 Å². The number of para-hydroxylation sites is 1. The molecule has 106 valence electrons. The number of carbonyl (C=O) groups is 1. The second-order valence-electron chi connectivity index (χ2n) is 4.85. The van der Waals surface area contributed by atoms with Gasteiger partial charge in [-0.1, -0.05) is 60.7 Å². The Morgan fingerprint density at radius 3 is 2.71 bits per heavy atom. The van der Waals surface area contributed by atoms with Crippen molar-refractivity contribution in [3.63, 3.8) is 0 Å². The van der Waals surface area contributed by atoms with Crippen molar-refractivity contribution in [3.05, 3.63) is 59.7 Å². The normalized spacial score (nSPS) is 10.7. The lowest BCUT2D eigenvalue weighted by Gasteiger charge is -2.01. The van der Waals surface area contributed by atoms with Crippen LogP contribution in [0.1, 0.15) is 18.1 Å². The maximum atomic E-state index is 12.1. The predicted molar refractivity (Wildman–Crippen MR) is 87.8 cm³/mol. The first-order chi connectivity index (χ1) is 10.3. The van der Waals surface area contributed by atoms with E-state index < -0.39 is 0 Å². The lowest BCUT2D eigenvalue weighted by Crippen LogP contribution is -2.14. The second-order valence-corrected chi connectivity index (χ2v) is 5.88. The van der Waals surface area contributed by atoms with Crippen LogP contribution in [0.15, 0.2) is 48.5 Å². The van der Waals surface area contributed by atoms with Gasteiger partial charge in [0, 0.05) is 0 Å². The Morgan fingerprint density at radius 2 is 1.95 bits per heavy atom. The number of nitrogens with zero attached hydrogens (tertiary/aromatic N) is 1. The van der Waals surface area contributed by atoms with Crippen molar-refractivity contribution in [2.75, 3.05) is 5.32 Å². The molecule has 0 aliphatic heterocycles. The molecular formula is C17H16N2OS. The van der Waals surface area contributed by atoms with Gasteiger partial charge in [0.1, 0.15) is 0 Å². The van der Waals surface area contributed by atoms with Gasteiger partial charge >= 0.3 is 0 Å². The Hall–Kier alpha value is -2.20. The molecule has 1 heterocycles. The average molecular weight is 296 g/mol. The first-order valence-corrected chi connectivity index (χ1v) is 7.80. The quantitative estimate of drug-likeness (QED) is 0.789. The topological polar surface area (TPSA) is 42.0 Å². The van der Waals surface area contributed by atoms with Crippen LogP contribution in [0.25, 0.3) is 10.2 Å². The minimum Gasteiger partial charge on any atom is -0.302 e. The molecule has 3 rings (SSSR count). The van der Waals surface area contributed by atoms with Crippen LogP contribution in [0.3, 0.4) is 0 Å². The number of anilines is 1. The van der Waals surface area contributed by atoms with Crippen LogP contribution >= 0.6 is 11.3 Å². The van der Waals surface area contributed by atoms with Crippen molar-refractivity contribution in [2.45, 2.75) is 19.8 Å². The van der Waals surface area contributed by atoms with Gasteiger partial charge in [0.25, 0.3) is 0 Å². The van der Waals surface area contributed by atoms with Gasteiger partial charge in [-0.15, -0.1) is 0 Å². The summed E-state index contributed by atoms with van der Waals surface area (Å²) >= 11 is 1.52.